The van der Waals surface area contributed by atoms with Crippen LogP contribution in [0.3, 0.4) is 0 Å². The van der Waals surface area contributed by atoms with Gasteiger partial charge in [-0.3, -0.25) is 9.88 Å². The van der Waals surface area contributed by atoms with E-state index in [1.165, 1.54) is 5.56 Å². The standard InChI is InChI=1S/C21H23N3O2S/c25-27(26,21-11-4-10-20-19(21)9-5-12-22-20)24-14-6-13-23(15-16-24)17-18-7-2-1-3-8-18/h1-5,7-12H,6,13-17H2. The third kappa shape index (κ3) is 3.88. The summed E-state index contributed by atoms with van der Waals surface area (Å²) in [4.78, 5) is 6.97. The lowest BCUT2D eigenvalue weighted by atomic mass is 10.2. The molecule has 2 aromatic carbocycles. The molecule has 0 bridgehead atoms. The fraction of sp³-hybridized carbons (Fsp3) is 0.286. The number of nitrogens with zero attached hydrogens (tertiary/aromatic N) is 3. The number of benzene rings is 2. The van der Waals surface area contributed by atoms with Gasteiger partial charge in [-0.2, -0.15) is 4.31 Å². The van der Waals surface area contributed by atoms with Crippen LogP contribution in [-0.4, -0.2) is 48.8 Å². The van der Waals surface area contributed by atoms with E-state index < -0.39 is 10.0 Å². The number of sulfonamides is 1. The second kappa shape index (κ2) is 7.76. The molecule has 4 rings (SSSR count). The number of aromatic nitrogens is 1. The maximum absolute atomic E-state index is 13.3. The molecule has 0 aliphatic carbocycles. The highest BCUT2D eigenvalue weighted by Gasteiger charge is 2.28. The van der Waals surface area contributed by atoms with Crippen molar-refractivity contribution in [2.45, 2.75) is 17.9 Å². The Morgan fingerprint density at radius 3 is 2.56 bits per heavy atom. The predicted octanol–water partition coefficient (Wildman–Crippen LogP) is 3.13. The van der Waals surface area contributed by atoms with Crippen LogP contribution < -0.4 is 0 Å². The molecule has 0 radical (unpaired) electrons. The van der Waals surface area contributed by atoms with Gasteiger partial charge in [0.2, 0.25) is 10.0 Å². The van der Waals surface area contributed by atoms with E-state index in [-0.39, 0.29) is 0 Å². The Kier molecular flexibility index (Phi) is 5.20. The van der Waals surface area contributed by atoms with Gasteiger partial charge in [0.1, 0.15) is 0 Å². The molecule has 1 saturated heterocycles. The summed E-state index contributed by atoms with van der Waals surface area (Å²) in [6.07, 6.45) is 2.52. The van der Waals surface area contributed by atoms with Crippen molar-refractivity contribution >= 4 is 20.9 Å². The molecule has 27 heavy (non-hydrogen) atoms. The van der Waals surface area contributed by atoms with Crippen LogP contribution in [0.2, 0.25) is 0 Å². The van der Waals surface area contributed by atoms with Crippen molar-refractivity contribution < 1.29 is 8.42 Å². The van der Waals surface area contributed by atoms with Crippen LogP contribution in [0.5, 0.6) is 0 Å². The molecule has 0 spiro atoms. The first-order chi connectivity index (χ1) is 13.1. The van der Waals surface area contributed by atoms with Gasteiger partial charge in [0.25, 0.3) is 0 Å². The van der Waals surface area contributed by atoms with Crippen molar-refractivity contribution in [3.05, 3.63) is 72.4 Å². The molecular weight excluding hydrogens is 358 g/mol. The summed E-state index contributed by atoms with van der Waals surface area (Å²) in [5, 5.41) is 0.686. The zero-order valence-electron chi connectivity index (χ0n) is 15.2. The molecule has 140 valence electrons. The summed E-state index contributed by atoms with van der Waals surface area (Å²) >= 11 is 0. The highest BCUT2D eigenvalue weighted by molar-refractivity contribution is 7.89. The minimum absolute atomic E-state index is 0.351. The van der Waals surface area contributed by atoms with Gasteiger partial charge in [-0.1, -0.05) is 36.4 Å². The van der Waals surface area contributed by atoms with E-state index in [9.17, 15) is 8.42 Å². The van der Waals surface area contributed by atoms with E-state index in [4.69, 9.17) is 0 Å². The monoisotopic (exact) mass is 381 g/mol. The summed E-state index contributed by atoms with van der Waals surface area (Å²) in [6, 6.07) is 19.2. The van der Waals surface area contributed by atoms with Crippen LogP contribution in [0.25, 0.3) is 10.9 Å². The summed E-state index contributed by atoms with van der Waals surface area (Å²) in [5.41, 5.74) is 1.97. The molecule has 2 heterocycles. The summed E-state index contributed by atoms with van der Waals surface area (Å²) in [6.45, 7) is 3.54. The largest absolute Gasteiger partial charge is 0.298 e. The number of rotatable bonds is 4. The third-order valence-electron chi connectivity index (χ3n) is 5.02. The number of pyridine rings is 1. The second-order valence-corrected chi connectivity index (χ2v) is 8.75. The third-order valence-corrected chi connectivity index (χ3v) is 6.98. The Bertz CT molecular complexity index is 1020. The summed E-state index contributed by atoms with van der Waals surface area (Å²) in [7, 11) is -3.54. The first-order valence-electron chi connectivity index (χ1n) is 9.25. The van der Waals surface area contributed by atoms with E-state index >= 15 is 0 Å². The van der Waals surface area contributed by atoms with Crippen LogP contribution >= 0.6 is 0 Å². The van der Waals surface area contributed by atoms with Gasteiger partial charge in [0.15, 0.2) is 0 Å². The zero-order valence-corrected chi connectivity index (χ0v) is 16.0. The lowest BCUT2D eigenvalue weighted by molar-refractivity contribution is 0.278. The van der Waals surface area contributed by atoms with Crippen LogP contribution in [0.1, 0.15) is 12.0 Å². The van der Waals surface area contributed by atoms with Crippen molar-refractivity contribution in [3.63, 3.8) is 0 Å². The predicted molar refractivity (Wildman–Crippen MR) is 107 cm³/mol. The van der Waals surface area contributed by atoms with Gasteiger partial charge in [-0.05, 0) is 42.8 Å². The van der Waals surface area contributed by atoms with Crippen LogP contribution in [0.4, 0.5) is 0 Å². The van der Waals surface area contributed by atoms with Crippen molar-refractivity contribution in [1.82, 2.24) is 14.2 Å². The van der Waals surface area contributed by atoms with Crippen molar-refractivity contribution in [1.29, 1.82) is 0 Å². The molecule has 1 aliphatic heterocycles. The Labute approximate surface area is 160 Å². The van der Waals surface area contributed by atoms with Crippen molar-refractivity contribution in [2.75, 3.05) is 26.2 Å². The highest BCUT2D eigenvalue weighted by Crippen LogP contribution is 2.25. The topological polar surface area (TPSA) is 53.5 Å². The highest BCUT2D eigenvalue weighted by atomic mass is 32.2. The first kappa shape index (κ1) is 18.1. The van der Waals surface area contributed by atoms with Crippen LogP contribution in [-0.2, 0) is 16.6 Å². The first-order valence-corrected chi connectivity index (χ1v) is 10.7. The van der Waals surface area contributed by atoms with Crippen LogP contribution in [0, 0.1) is 0 Å². The van der Waals surface area contributed by atoms with E-state index in [1.54, 1.807) is 28.7 Å². The Morgan fingerprint density at radius 1 is 0.852 bits per heavy atom. The van der Waals surface area contributed by atoms with E-state index in [0.29, 0.717) is 28.9 Å². The molecule has 3 aromatic rings. The Morgan fingerprint density at radius 2 is 1.70 bits per heavy atom. The molecule has 1 aliphatic rings. The smallest absolute Gasteiger partial charge is 0.243 e. The lowest BCUT2D eigenvalue weighted by Gasteiger charge is -2.22. The average molecular weight is 382 g/mol. The molecular formula is C21H23N3O2S. The number of hydrogen-bond acceptors (Lipinski definition) is 4. The van der Waals surface area contributed by atoms with Gasteiger partial charge >= 0.3 is 0 Å². The van der Waals surface area contributed by atoms with Gasteiger partial charge in [0, 0.05) is 37.8 Å². The van der Waals surface area contributed by atoms with E-state index in [0.717, 1.165) is 26.1 Å². The molecule has 0 unspecified atom stereocenters. The summed E-state index contributed by atoms with van der Waals surface area (Å²) < 4.78 is 28.2. The number of fused-ring (bicyclic) bond motifs is 1. The molecule has 6 heteroatoms. The van der Waals surface area contributed by atoms with E-state index in [1.807, 2.05) is 30.3 Å². The lowest BCUT2D eigenvalue weighted by Crippen LogP contribution is -2.35. The van der Waals surface area contributed by atoms with Gasteiger partial charge in [-0.25, -0.2) is 8.42 Å². The molecule has 0 atom stereocenters. The summed E-state index contributed by atoms with van der Waals surface area (Å²) in [5.74, 6) is 0. The quantitative estimate of drug-likeness (QED) is 0.697. The maximum Gasteiger partial charge on any atom is 0.243 e. The number of hydrogen-bond donors (Lipinski definition) is 0. The van der Waals surface area contributed by atoms with Gasteiger partial charge in [0.05, 0.1) is 10.4 Å². The van der Waals surface area contributed by atoms with Crippen molar-refractivity contribution in [2.24, 2.45) is 0 Å². The normalized spacial score (nSPS) is 17.0. The molecule has 1 fully saturated rings. The molecule has 5 nitrogen and oxygen atoms in total. The second-order valence-electron chi connectivity index (χ2n) is 6.85. The average Bonchev–Trinajstić information content (AvgIpc) is 2.94. The maximum atomic E-state index is 13.3. The van der Waals surface area contributed by atoms with E-state index in [2.05, 4.69) is 22.0 Å². The zero-order chi connectivity index (χ0) is 18.7. The molecule has 0 N–H and O–H groups in total. The fourth-order valence-electron chi connectivity index (χ4n) is 3.63. The minimum atomic E-state index is -3.54. The molecule has 1 aromatic heterocycles. The van der Waals surface area contributed by atoms with Crippen molar-refractivity contribution in [3.8, 4) is 0 Å². The Hall–Kier alpha value is -2.28. The van der Waals surface area contributed by atoms with Gasteiger partial charge in [-0.15, -0.1) is 0 Å². The minimum Gasteiger partial charge on any atom is -0.298 e. The molecule has 0 amide bonds. The van der Waals surface area contributed by atoms with Crippen LogP contribution in [0.15, 0.2) is 71.8 Å². The Balaban J connectivity index is 1.54. The fourth-order valence-corrected chi connectivity index (χ4v) is 5.30. The van der Waals surface area contributed by atoms with Gasteiger partial charge < -0.3 is 0 Å². The molecule has 0 saturated carbocycles. The SMILES string of the molecule is O=S(=O)(c1cccc2ncccc12)N1CCCN(Cc2ccccc2)CC1.